The van der Waals surface area contributed by atoms with E-state index in [-0.39, 0.29) is 17.7 Å². The summed E-state index contributed by atoms with van der Waals surface area (Å²) in [7, 11) is 1.80. The molecule has 1 aliphatic heterocycles. The lowest BCUT2D eigenvalue weighted by molar-refractivity contribution is -0.123. The monoisotopic (exact) mass is 250 g/mol. The third-order valence-electron chi connectivity index (χ3n) is 3.58. The molecular formula is C12H18N4O2. The van der Waals surface area contributed by atoms with Gasteiger partial charge in [-0.15, -0.1) is 0 Å². The number of carbonyl (C=O) groups is 2. The Morgan fingerprint density at radius 3 is 2.78 bits per heavy atom. The lowest BCUT2D eigenvalue weighted by Crippen LogP contribution is -2.44. The standard InChI is InChI=1S/C12H18N4O2/c1-8-10(6-14-15(8)2)12(18)16-5-3-4-9(7-16)11(13)17/h6,9H,3-5,7H2,1-2H3,(H2,13,17). The van der Waals surface area contributed by atoms with E-state index in [1.165, 1.54) is 0 Å². The lowest BCUT2D eigenvalue weighted by Gasteiger charge is -2.31. The van der Waals surface area contributed by atoms with E-state index in [0.29, 0.717) is 18.7 Å². The van der Waals surface area contributed by atoms with Gasteiger partial charge in [0.25, 0.3) is 5.91 Å². The van der Waals surface area contributed by atoms with Crippen molar-refractivity contribution in [3.05, 3.63) is 17.5 Å². The Balaban J connectivity index is 2.14. The van der Waals surface area contributed by atoms with E-state index < -0.39 is 0 Å². The maximum atomic E-state index is 12.3. The van der Waals surface area contributed by atoms with E-state index in [1.54, 1.807) is 22.8 Å². The number of likely N-dealkylation sites (tertiary alicyclic amines) is 1. The summed E-state index contributed by atoms with van der Waals surface area (Å²) >= 11 is 0. The van der Waals surface area contributed by atoms with Crippen LogP contribution in [-0.4, -0.2) is 39.6 Å². The molecule has 1 aromatic heterocycles. The number of piperidine rings is 1. The molecule has 2 rings (SSSR count). The minimum Gasteiger partial charge on any atom is -0.369 e. The molecule has 0 radical (unpaired) electrons. The molecule has 0 spiro atoms. The van der Waals surface area contributed by atoms with Gasteiger partial charge >= 0.3 is 0 Å². The Bertz CT molecular complexity index is 480. The summed E-state index contributed by atoms with van der Waals surface area (Å²) < 4.78 is 1.67. The number of nitrogens with two attached hydrogens (primary N) is 1. The predicted molar refractivity (Wildman–Crippen MR) is 65.8 cm³/mol. The summed E-state index contributed by atoms with van der Waals surface area (Å²) in [6.45, 7) is 2.95. The summed E-state index contributed by atoms with van der Waals surface area (Å²) in [6.07, 6.45) is 3.16. The second-order valence-electron chi connectivity index (χ2n) is 4.76. The van der Waals surface area contributed by atoms with Crippen LogP contribution in [0.2, 0.25) is 0 Å². The van der Waals surface area contributed by atoms with Crippen LogP contribution in [0.15, 0.2) is 6.20 Å². The van der Waals surface area contributed by atoms with Gasteiger partial charge in [0, 0.05) is 25.8 Å². The second kappa shape index (κ2) is 4.80. The highest BCUT2D eigenvalue weighted by atomic mass is 16.2. The highest BCUT2D eigenvalue weighted by Gasteiger charge is 2.28. The van der Waals surface area contributed by atoms with Crippen molar-refractivity contribution in [2.75, 3.05) is 13.1 Å². The number of carbonyl (C=O) groups excluding carboxylic acids is 2. The topological polar surface area (TPSA) is 81.2 Å². The first-order chi connectivity index (χ1) is 8.50. The number of hydrogen-bond acceptors (Lipinski definition) is 3. The van der Waals surface area contributed by atoms with Crippen LogP contribution in [0.4, 0.5) is 0 Å². The van der Waals surface area contributed by atoms with Crippen molar-refractivity contribution < 1.29 is 9.59 Å². The van der Waals surface area contributed by atoms with Crippen LogP contribution >= 0.6 is 0 Å². The van der Waals surface area contributed by atoms with E-state index in [2.05, 4.69) is 5.10 Å². The van der Waals surface area contributed by atoms with E-state index >= 15 is 0 Å². The van der Waals surface area contributed by atoms with Crippen molar-refractivity contribution in [1.29, 1.82) is 0 Å². The van der Waals surface area contributed by atoms with Gasteiger partial charge in [0.1, 0.15) is 0 Å². The molecule has 1 saturated heterocycles. The molecule has 6 nitrogen and oxygen atoms in total. The van der Waals surface area contributed by atoms with Crippen LogP contribution in [0.1, 0.15) is 28.9 Å². The molecule has 1 atom stereocenters. The molecule has 1 aromatic rings. The highest BCUT2D eigenvalue weighted by Crippen LogP contribution is 2.19. The zero-order valence-electron chi connectivity index (χ0n) is 10.7. The van der Waals surface area contributed by atoms with Crippen molar-refractivity contribution in [2.24, 2.45) is 18.7 Å². The quantitative estimate of drug-likeness (QED) is 0.806. The van der Waals surface area contributed by atoms with Crippen LogP contribution in [-0.2, 0) is 11.8 Å². The summed E-state index contributed by atoms with van der Waals surface area (Å²) in [4.78, 5) is 25.2. The number of rotatable bonds is 2. The molecule has 18 heavy (non-hydrogen) atoms. The van der Waals surface area contributed by atoms with E-state index in [0.717, 1.165) is 18.5 Å². The summed E-state index contributed by atoms with van der Waals surface area (Å²) in [5, 5.41) is 4.06. The number of primary amides is 1. The first-order valence-electron chi connectivity index (χ1n) is 6.08. The molecule has 1 aliphatic rings. The Labute approximate surface area is 106 Å². The molecule has 1 unspecified atom stereocenters. The fourth-order valence-electron chi connectivity index (χ4n) is 2.27. The number of aromatic nitrogens is 2. The van der Waals surface area contributed by atoms with Gasteiger partial charge in [0.2, 0.25) is 5.91 Å². The average Bonchev–Trinajstić information content (AvgIpc) is 2.69. The van der Waals surface area contributed by atoms with E-state index in [1.807, 2.05) is 6.92 Å². The molecular weight excluding hydrogens is 232 g/mol. The minimum atomic E-state index is -0.324. The van der Waals surface area contributed by atoms with Gasteiger partial charge in [0.05, 0.1) is 17.7 Å². The van der Waals surface area contributed by atoms with Gasteiger partial charge in [-0.1, -0.05) is 0 Å². The Morgan fingerprint density at radius 2 is 2.22 bits per heavy atom. The van der Waals surface area contributed by atoms with Crippen molar-refractivity contribution in [2.45, 2.75) is 19.8 Å². The molecule has 6 heteroatoms. The van der Waals surface area contributed by atoms with Gasteiger partial charge in [-0.3, -0.25) is 14.3 Å². The third kappa shape index (κ3) is 2.23. The molecule has 2 heterocycles. The number of aryl methyl sites for hydroxylation is 1. The summed E-state index contributed by atoms with van der Waals surface area (Å²) in [5.41, 5.74) is 6.74. The average molecular weight is 250 g/mol. The van der Waals surface area contributed by atoms with E-state index in [4.69, 9.17) is 5.73 Å². The number of hydrogen-bond donors (Lipinski definition) is 1. The largest absolute Gasteiger partial charge is 0.369 e. The Hall–Kier alpha value is -1.85. The first-order valence-corrected chi connectivity index (χ1v) is 6.08. The van der Waals surface area contributed by atoms with Crippen LogP contribution in [0.25, 0.3) is 0 Å². The summed E-state index contributed by atoms with van der Waals surface area (Å²) in [6, 6.07) is 0. The fourth-order valence-corrected chi connectivity index (χ4v) is 2.27. The van der Waals surface area contributed by atoms with Crippen molar-refractivity contribution in [1.82, 2.24) is 14.7 Å². The summed E-state index contributed by atoms with van der Waals surface area (Å²) in [5.74, 6) is -0.610. The molecule has 98 valence electrons. The van der Waals surface area contributed by atoms with Gasteiger partial charge in [-0.2, -0.15) is 5.10 Å². The zero-order chi connectivity index (χ0) is 13.3. The maximum Gasteiger partial charge on any atom is 0.257 e. The number of nitrogens with zero attached hydrogens (tertiary/aromatic N) is 3. The van der Waals surface area contributed by atoms with Crippen molar-refractivity contribution in [3.63, 3.8) is 0 Å². The second-order valence-corrected chi connectivity index (χ2v) is 4.76. The molecule has 2 amide bonds. The van der Waals surface area contributed by atoms with Crippen LogP contribution in [0.5, 0.6) is 0 Å². The zero-order valence-corrected chi connectivity index (χ0v) is 10.7. The molecule has 0 saturated carbocycles. The van der Waals surface area contributed by atoms with Gasteiger partial charge in [-0.25, -0.2) is 0 Å². The van der Waals surface area contributed by atoms with Crippen LogP contribution in [0, 0.1) is 12.8 Å². The third-order valence-corrected chi connectivity index (χ3v) is 3.58. The van der Waals surface area contributed by atoms with Crippen molar-refractivity contribution in [3.8, 4) is 0 Å². The Kier molecular flexibility index (Phi) is 3.36. The van der Waals surface area contributed by atoms with Gasteiger partial charge < -0.3 is 10.6 Å². The van der Waals surface area contributed by atoms with Crippen molar-refractivity contribution >= 4 is 11.8 Å². The molecule has 0 aromatic carbocycles. The normalized spacial score (nSPS) is 19.9. The lowest BCUT2D eigenvalue weighted by atomic mass is 9.97. The first kappa shape index (κ1) is 12.6. The smallest absolute Gasteiger partial charge is 0.257 e. The highest BCUT2D eigenvalue weighted by molar-refractivity contribution is 5.95. The molecule has 2 N–H and O–H groups in total. The Morgan fingerprint density at radius 1 is 1.50 bits per heavy atom. The van der Waals surface area contributed by atoms with Gasteiger partial charge in [0.15, 0.2) is 0 Å². The molecule has 1 fully saturated rings. The fraction of sp³-hybridized carbons (Fsp3) is 0.583. The van der Waals surface area contributed by atoms with Gasteiger partial charge in [-0.05, 0) is 19.8 Å². The molecule has 0 aliphatic carbocycles. The van der Waals surface area contributed by atoms with E-state index in [9.17, 15) is 9.59 Å². The van der Waals surface area contributed by atoms with Crippen LogP contribution in [0.3, 0.4) is 0 Å². The minimum absolute atomic E-state index is 0.0634. The predicted octanol–water partition coefficient (Wildman–Crippen LogP) is 0.0660. The SMILES string of the molecule is Cc1c(C(=O)N2CCCC(C(N)=O)C2)cnn1C. The molecule has 0 bridgehead atoms. The maximum absolute atomic E-state index is 12.3. The van der Waals surface area contributed by atoms with Crippen LogP contribution < -0.4 is 5.73 Å². The number of amides is 2.